The van der Waals surface area contributed by atoms with Crippen molar-refractivity contribution < 1.29 is 0 Å². The van der Waals surface area contributed by atoms with Gasteiger partial charge in [-0.15, -0.1) is 0 Å². The van der Waals surface area contributed by atoms with Gasteiger partial charge in [0.1, 0.15) is 0 Å². The second kappa shape index (κ2) is 4.80. The summed E-state index contributed by atoms with van der Waals surface area (Å²) in [5.74, 6) is 0. The van der Waals surface area contributed by atoms with E-state index in [4.69, 9.17) is 5.73 Å². The Morgan fingerprint density at radius 3 is 2.53 bits per heavy atom. The van der Waals surface area contributed by atoms with Gasteiger partial charge >= 0.3 is 0 Å². The first-order chi connectivity index (χ1) is 8.08. The molecule has 0 aliphatic heterocycles. The zero-order valence-electron chi connectivity index (χ0n) is 9.92. The molecule has 0 spiro atoms. The van der Waals surface area contributed by atoms with Gasteiger partial charge in [0.2, 0.25) is 0 Å². The second-order valence-electron chi connectivity index (χ2n) is 4.15. The monoisotopic (exact) mass is 290 g/mol. The molecule has 88 valence electrons. The molecule has 0 amide bonds. The van der Waals surface area contributed by atoms with Crippen molar-refractivity contribution in [3.63, 3.8) is 0 Å². The van der Waals surface area contributed by atoms with Gasteiger partial charge in [-0.1, -0.05) is 18.2 Å². The molecular formula is C14H15BrN2. The molecule has 2 rings (SSSR count). The van der Waals surface area contributed by atoms with Crippen molar-refractivity contribution in [1.82, 2.24) is 0 Å². The number of nitrogens with two attached hydrogens (primary N) is 1. The van der Waals surface area contributed by atoms with Crippen molar-refractivity contribution in [3.05, 3.63) is 52.0 Å². The smallest absolute Gasteiger partial charge is 0.0618 e. The first kappa shape index (κ1) is 12.0. The molecule has 2 aromatic rings. The number of hydrogen-bond acceptors (Lipinski definition) is 2. The van der Waals surface area contributed by atoms with Crippen LogP contribution in [-0.2, 0) is 0 Å². The molecule has 0 atom stereocenters. The fourth-order valence-electron chi connectivity index (χ4n) is 1.69. The third-order valence-electron chi connectivity index (χ3n) is 2.67. The lowest BCUT2D eigenvalue weighted by atomic mass is 10.1. The number of aryl methyl sites for hydroxylation is 2. The number of benzene rings is 2. The molecule has 2 nitrogen and oxygen atoms in total. The Morgan fingerprint density at radius 2 is 1.82 bits per heavy atom. The van der Waals surface area contributed by atoms with Crippen LogP contribution in [0, 0.1) is 13.8 Å². The van der Waals surface area contributed by atoms with E-state index in [-0.39, 0.29) is 0 Å². The quantitative estimate of drug-likeness (QED) is 0.805. The van der Waals surface area contributed by atoms with Crippen LogP contribution in [0.25, 0.3) is 0 Å². The van der Waals surface area contributed by atoms with E-state index in [2.05, 4.69) is 34.2 Å². The molecule has 3 N–H and O–H groups in total. The van der Waals surface area contributed by atoms with Gasteiger partial charge in [0.25, 0.3) is 0 Å². The van der Waals surface area contributed by atoms with Crippen LogP contribution in [-0.4, -0.2) is 0 Å². The average molecular weight is 291 g/mol. The summed E-state index contributed by atoms with van der Waals surface area (Å²) in [6.07, 6.45) is 0. The van der Waals surface area contributed by atoms with E-state index < -0.39 is 0 Å². The van der Waals surface area contributed by atoms with Gasteiger partial charge < -0.3 is 11.1 Å². The van der Waals surface area contributed by atoms with Crippen LogP contribution in [0.5, 0.6) is 0 Å². The standard InChI is InChI=1S/C14H15BrN2/c1-9-6-7-12(11(16)8-9)17-13-5-3-4-10(2)14(13)15/h3-8,17H,16H2,1-2H3. The highest BCUT2D eigenvalue weighted by molar-refractivity contribution is 9.10. The maximum absolute atomic E-state index is 5.98. The van der Waals surface area contributed by atoms with Crippen molar-refractivity contribution in [3.8, 4) is 0 Å². The summed E-state index contributed by atoms with van der Waals surface area (Å²) in [7, 11) is 0. The lowest BCUT2D eigenvalue weighted by Crippen LogP contribution is -1.97. The summed E-state index contributed by atoms with van der Waals surface area (Å²) in [4.78, 5) is 0. The fourth-order valence-corrected chi connectivity index (χ4v) is 2.05. The zero-order chi connectivity index (χ0) is 12.4. The molecule has 0 aromatic heterocycles. The van der Waals surface area contributed by atoms with Gasteiger partial charge in [-0.3, -0.25) is 0 Å². The van der Waals surface area contributed by atoms with E-state index in [9.17, 15) is 0 Å². The molecule has 0 saturated carbocycles. The maximum Gasteiger partial charge on any atom is 0.0618 e. The third kappa shape index (κ3) is 2.61. The van der Waals surface area contributed by atoms with E-state index >= 15 is 0 Å². The SMILES string of the molecule is Cc1ccc(Nc2cccc(C)c2Br)c(N)c1. The van der Waals surface area contributed by atoms with Crippen molar-refractivity contribution in [1.29, 1.82) is 0 Å². The highest BCUT2D eigenvalue weighted by atomic mass is 79.9. The molecule has 0 aliphatic carbocycles. The Hall–Kier alpha value is -1.48. The molecule has 3 heteroatoms. The van der Waals surface area contributed by atoms with Crippen LogP contribution < -0.4 is 11.1 Å². The number of nitrogens with one attached hydrogen (secondary N) is 1. The molecule has 0 unspecified atom stereocenters. The highest BCUT2D eigenvalue weighted by Gasteiger charge is 2.04. The number of hydrogen-bond donors (Lipinski definition) is 2. The molecular weight excluding hydrogens is 276 g/mol. The van der Waals surface area contributed by atoms with Crippen molar-refractivity contribution >= 4 is 33.0 Å². The Morgan fingerprint density at radius 1 is 1.06 bits per heavy atom. The number of anilines is 3. The highest BCUT2D eigenvalue weighted by Crippen LogP contribution is 2.31. The largest absolute Gasteiger partial charge is 0.397 e. The summed E-state index contributed by atoms with van der Waals surface area (Å²) in [6.45, 7) is 4.09. The number of halogens is 1. The summed E-state index contributed by atoms with van der Waals surface area (Å²) in [5, 5.41) is 3.34. The molecule has 0 fully saturated rings. The van der Waals surface area contributed by atoms with Gasteiger partial charge in [-0.25, -0.2) is 0 Å². The van der Waals surface area contributed by atoms with E-state index in [1.54, 1.807) is 0 Å². The minimum Gasteiger partial charge on any atom is -0.397 e. The van der Waals surface area contributed by atoms with Gasteiger partial charge in [-0.2, -0.15) is 0 Å². The van der Waals surface area contributed by atoms with Gasteiger partial charge in [-0.05, 0) is 59.1 Å². The van der Waals surface area contributed by atoms with Crippen LogP contribution in [0.3, 0.4) is 0 Å². The number of nitrogen functional groups attached to an aromatic ring is 1. The summed E-state index contributed by atoms with van der Waals surface area (Å²) < 4.78 is 1.07. The van der Waals surface area contributed by atoms with Crippen LogP contribution in [0.2, 0.25) is 0 Å². The normalized spacial score (nSPS) is 10.3. The molecule has 2 aromatic carbocycles. The van der Waals surface area contributed by atoms with Crippen molar-refractivity contribution in [2.45, 2.75) is 13.8 Å². The van der Waals surface area contributed by atoms with Crippen LogP contribution in [0.1, 0.15) is 11.1 Å². The molecule has 0 saturated heterocycles. The Kier molecular flexibility index (Phi) is 3.38. The summed E-state index contributed by atoms with van der Waals surface area (Å²) in [6, 6.07) is 12.1. The number of rotatable bonds is 2. The topological polar surface area (TPSA) is 38.0 Å². The molecule has 0 heterocycles. The fraction of sp³-hybridized carbons (Fsp3) is 0.143. The third-order valence-corrected chi connectivity index (χ3v) is 3.72. The van der Waals surface area contributed by atoms with Crippen molar-refractivity contribution in [2.24, 2.45) is 0 Å². The summed E-state index contributed by atoms with van der Waals surface area (Å²) >= 11 is 3.57. The van der Waals surface area contributed by atoms with Gasteiger partial charge in [0.15, 0.2) is 0 Å². The Balaban J connectivity index is 2.35. The second-order valence-corrected chi connectivity index (χ2v) is 4.95. The lowest BCUT2D eigenvalue weighted by Gasteiger charge is -2.12. The van der Waals surface area contributed by atoms with E-state index in [0.29, 0.717) is 0 Å². The Labute approximate surface area is 110 Å². The Bertz CT molecular complexity index is 550. The first-order valence-electron chi connectivity index (χ1n) is 5.46. The molecule has 0 radical (unpaired) electrons. The first-order valence-corrected chi connectivity index (χ1v) is 6.25. The molecule has 17 heavy (non-hydrogen) atoms. The van der Waals surface area contributed by atoms with E-state index in [1.165, 1.54) is 5.56 Å². The predicted molar refractivity (Wildman–Crippen MR) is 77.8 cm³/mol. The lowest BCUT2D eigenvalue weighted by molar-refractivity contribution is 1.40. The molecule has 0 aliphatic rings. The predicted octanol–water partition coefficient (Wildman–Crippen LogP) is 4.39. The molecule has 0 bridgehead atoms. The van der Waals surface area contributed by atoms with Gasteiger partial charge in [0, 0.05) is 4.47 Å². The van der Waals surface area contributed by atoms with Crippen LogP contribution in [0.15, 0.2) is 40.9 Å². The average Bonchev–Trinajstić information content (AvgIpc) is 2.28. The summed E-state index contributed by atoms with van der Waals surface area (Å²) in [5.41, 5.74) is 11.1. The zero-order valence-corrected chi connectivity index (χ0v) is 11.5. The van der Waals surface area contributed by atoms with E-state index in [1.807, 2.05) is 37.3 Å². The minimum absolute atomic E-state index is 0.762. The van der Waals surface area contributed by atoms with Gasteiger partial charge in [0.05, 0.1) is 17.1 Å². The minimum atomic E-state index is 0.762. The van der Waals surface area contributed by atoms with Crippen LogP contribution in [0.4, 0.5) is 17.1 Å². The maximum atomic E-state index is 5.98. The van der Waals surface area contributed by atoms with E-state index in [0.717, 1.165) is 27.1 Å². The van der Waals surface area contributed by atoms with Crippen molar-refractivity contribution in [2.75, 3.05) is 11.1 Å². The van der Waals surface area contributed by atoms with Crippen LogP contribution >= 0.6 is 15.9 Å².